The molecule has 0 saturated carbocycles. The van der Waals surface area contributed by atoms with Gasteiger partial charge in [-0.3, -0.25) is 0 Å². The van der Waals surface area contributed by atoms with Crippen molar-refractivity contribution in [1.29, 1.82) is 0 Å². The molecule has 0 bridgehead atoms. The van der Waals surface area contributed by atoms with Crippen molar-refractivity contribution in [2.45, 2.75) is 117 Å². The highest BCUT2D eigenvalue weighted by Gasteiger charge is 2.53. The lowest BCUT2D eigenvalue weighted by atomic mass is 9.76. The van der Waals surface area contributed by atoms with Crippen LogP contribution in [0.3, 0.4) is 0 Å². The second-order valence-corrected chi connectivity index (χ2v) is 13.3. The lowest BCUT2D eigenvalue weighted by molar-refractivity contribution is 0.00578. The van der Waals surface area contributed by atoms with Crippen LogP contribution in [0.2, 0.25) is 0 Å². The molecule has 38 heavy (non-hydrogen) atoms. The molecular weight excluding hydrogens is 474 g/mol. The Balaban J connectivity index is 0.000000211. The number of nitrogens with two attached hydrogens (primary N) is 2. The zero-order chi connectivity index (χ0) is 28.8. The maximum atomic E-state index is 6.09. The molecule has 208 valence electrons. The second kappa shape index (κ2) is 10.5. The van der Waals surface area contributed by atoms with Gasteiger partial charge in [-0.1, -0.05) is 52.0 Å². The molecule has 0 spiro atoms. The average Bonchev–Trinajstić information content (AvgIpc) is 3.13. The molecule has 2 aromatic rings. The quantitative estimate of drug-likeness (QED) is 0.414. The summed E-state index contributed by atoms with van der Waals surface area (Å²) in [6.07, 6.45) is 0. The molecule has 0 aliphatic carbocycles. The summed E-state index contributed by atoms with van der Waals surface area (Å²) in [6.45, 7) is 25.1. The second-order valence-electron chi connectivity index (χ2n) is 13.3. The molecule has 4 rings (SSSR count). The highest BCUT2D eigenvalue weighted by Crippen LogP contribution is 2.38. The van der Waals surface area contributed by atoms with Crippen LogP contribution in [0, 0.1) is 0 Å². The molecule has 6 nitrogen and oxygen atoms in total. The molecule has 0 aromatic heterocycles. The fraction of sp³-hybridized carbons (Fsp3) is 0.600. The zero-order valence-electron chi connectivity index (χ0n) is 25.6. The van der Waals surface area contributed by atoms with Crippen LogP contribution in [0.5, 0.6) is 0 Å². The van der Waals surface area contributed by atoms with Crippen LogP contribution < -0.4 is 22.4 Å². The smallest absolute Gasteiger partial charge is 0.399 e. The summed E-state index contributed by atoms with van der Waals surface area (Å²) in [4.78, 5) is 0. The summed E-state index contributed by atoms with van der Waals surface area (Å²) < 4.78 is 24.3. The highest BCUT2D eigenvalue weighted by molar-refractivity contribution is 6.64. The van der Waals surface area contributed by atoms with Crippen molar-refractivity contribution < 1.29 is 18.6 Å². The van der Waals surface area contributed by atoms with Crippen LogP contribution >= 0.6 is 0 Å². The first-order chi connectivity index (χ1) is 17.3. The van der Waals surface area contributed by atoms with E-state index in [0.29, 0.717) is 11.8 Å². The van der Waals surface area contributed by atoms with Crippen molar-refractivity contribution in [2.75, 3.05) is 11.5 Å². The Morgan fingerprint density at radius 3 is 1.03 bits per heavy atom. The third-order valence-electron chi connectivity index (χ3n) is 8.57. The van der Waals surface area contributed by atoms with Crippen LogP contribution in [-0.4, -0.2) is 36.6 Å². The molecule has 2 aliphatic rings. The van der Waals surface area contributed by atoms with Crippen molar-refractivity contribution in [3.63, 3.8) is 0 Å². The van der Waals surface area contributed by atoms with E-state index in [9.17, 15) is 0 Å². The van der Waals surface area contributed by atoms with E-state index in [0.717, 1.165) is 22.3 Å². The fourth-order valence-corrected chi connectivity index (χ4v) is 4.25. The molecular formula is C30H48B2N2O4. The number of rotatable bonds is 4. The first-order valence-electron chi connectivity index (χ1n) is 13.8. The Kier molecular flexibility index (Phi) is 8.47. The van der Waals surface area contributed by atoms with E-state index in [1.807, 2.05) is 12.1 Å². The molecule has 2 heterocycles. The SMILES string of the molecule is CC(C)c1ccc(N)c(B2OC(C)(C)C(C)(C)O2)c1.CC(C)c1ccc(N)c(B2OC(C)(C)C(C)(C)O2)c1. The van der Waals surface area contributed by atoms with Gasteiger partial charge in [0.1, 0.15) is 0 Å². The van der Waals surface area contributed by atoms with E-state index in [4.69, 9.17) is 30.1 Å². The molecule has 0 radical (unpaired) electrons. The van der Waals surface area contributed by atoms with Gasteiger partial charge in [0.2, 0.25) is 0 Å². The van der Waals surface area contributed by atoms with Crippen LogP contribution in [-0.2, 0) is 18.6 Å². The molecule has 0 atom stereocenters. The van der Waals surface area contributed by atoms with Gasteiger partial charge in [-0.2, -0.15) is 0 Å². The Morgan fingerprint density at radius 1 is 0.526 bits per heavy atom. The summed E-state index contributed by atoms with van der Waals surface area (Å²) in [5, 5.41) is 0. The van der Waals surface area contributed by atoms with E-state index in [1.165, 1.54) is 11.1 Å². The normalized spacial score (nSPS) is 21.1. The predicted octanol–water partition coefficient (Wildman–Crippen LogP) is 5.38. The molecule has 2 aromatic carbocycles. The Labute approximate surface area is 231 Å². The van der Waals surface area contributed by atoms with E-state index in [2.05, 4.69) is 107 Å². The number of benzene rings is 2. The van der Waals surface area contributed by atoms with E-state index < -0.39 is 0 Å². The van der Waals surface area contributed by atoms with Crippen molar-refractivity contribution >= 4 is 36.5 Å². The Morgan fingerprint density at radius 2 is 0.789 bits per heavy atom. The minimum absolute atomic E-state index is 0.335. The molecule has 2 fully saturated rings. The van der Waals surface area contributed by atoms with Gasteiger partial charge in [-0.25, -0.2) is 0 Å². The molecule has 8 heteroatoms. The third kappa shape index (κ3) is 6.09. The lowest BCUT2D eigenvalue weighted by Gasteiger charge is -2.32. The zero-order valence-corrected chi connectivity index (χ0v) is 25.6. The van der Waals surface area contributed by atoms with Crippen LogP contribution in [0.1, 0.15) is 106 Å². The molecule has 4 N–H and O–H groups in total. The Hall–Kier alpha value is -1.99. The number of anilines is 2. The van der Waals surface area contributed by atoms with Crippen molar-refractivity contribution in [3.8, 4) is 0 Å². The summed E-state index contributed by atoms with van der Waals surface area (Å²) in [5.74, 6) is 0.920. The maximum Gasteiger partial charge on any atom is 0.496 e. The maximum absolute atomic E-state index is 6.09. The van der Waals surface area contributed by atoms with Crippen LogP contribution in [0.25, 0.3) is 0 Å². The average molecular weight is 522 g/mol. The summed E-state index contributed by atoms with van der Waals surface area (Å²) >= 11 is 0. The van der Waals surface area contributed by atoms with Crippen LogP contribution in [0.15, 0.2) is 36.4 Å². The fourth-order valence-electron chi connectivity index (χ4n) is 4.25. The third-order valence-corrected chi connectivity index (χ3v) is 8.57. The first kappa shape index (κ1) is 30.5. The molecule has 2 aliphatic heterocycles. The standard InChI is InChI=1S/2C15H24BNO2/c2*1-10(2)11-7-8-13(17)12(9-11)16-18-14(3,4)15(5,6)19-16/h2*7-10H,17H2,1-6H3. The number of nitrogen functional groups attached to an aromatic ring is 2. The topological polar surface area (TPSA) is 89.0 Å². The minimum atomic E-state index is -0.385. The van der Waals surface area contributed by atoms with Gasteiger partial charge in [0.05, 0.1) is 22.4 Å². The molecule has 2 saturated heterocycles. The van der Waals surface area contributed by atoms with Gasteiger partial charge in [0.25, 0.3) is 0 Å². The first-order valence-corrected chi connectivity index (χ1v) is 13.8. The monoisotopic (exact) mass is 522 g/mol. The highest BCUT2D eigenvalue weighted by atomic mass is 16.7. The molecule has 0 amide bonds. The van der Waals surface area contributed by atoms with E-state index >= 15 is 0 Å². The van der Waals surface area contributed by atoms with E-state index in [-0.39, 0.29) is 36.6 Å². The van der Waals surface area contributed by atoms with Crippen molar-refractivity contribution in [1.82, 2.24) is 0 Å². The summed E-state index contributed by atoms with van der Waals surface area (Å²) in [7, 11) is -0.771. The minimum Gasteiger partial charge on any atom is -0.399 e. The largest absolute Gasteiger partial charge is 0.496 e. The van der Waals surface area contributed by atoms with Crippen molar-refractivity contribution in [2.24, 2.45) is 0 Å². The van der Waals surface area contributed by atoms with Gasteiger partial charge < -0.3 is 30.1 Å². The molecule has 0 unspecified atom stereocenters. The van der Waals surface area contributed by atoms with Crippen LogP contribution in [0.4, 0.5) is 11.4 Å². The van der Waals surface area contributed by atoms with Gasteiger partial charge >= 0.3 is 14.2 Å². The summed E-state index contributed by atoms with van der Waals surface area (Å²) in [6, 6.07) is 12.2. The van der Waals surface area contributed by atoms with Crippen molar-refractivity contribution in [3.05, 3.63) is 47.5 Å². The van der Waals surface area contributed by atoms with Gasteiger partial charge in [0.15, 0.2) is 0 Å². The van der Waals surface area contributed by atoms with Gasteiger partial charge in [0, 0.05) is 22.3 Å². The van der Waals surface area contributed by atoms with Gasteiger partial charge in [-0.15, -0.1) is 0 Å². The lowest BCUT2D eigenvalue weighted by Crippen LogP contribution is -2.41. The number of hydrogen-bond acceptors (Lipinski definition) is 6. The summed E-state index contributed by atoms with van der Waals surface area (Å²) in [5.41, 5.74) is 16.6. The Bertz CT molecular complexity index is 1020. The van der Waals surface area contributed by atoms with E-state index in [1.54, 1.807) is 0 Å². The predicted molar refractivity (Wildman–Crippen MR) is 161 cm³/mol. The van der Waals surface area contributed by atoms with Gasteiger partial charge in [-0.05, 0) is 90.5 Å². The number of hydrogen-bond donors (Lipinski definition) is 2.